The number of fused-ring (bicyclic) bond motifs is 1. The van der Waals surface area contributed by atoms with Gasteiger partial charge in [-0.2, -0.15) is 0 Å². The summed E-state index contributed by atoms with van der Waals surface area (Å²) in [7, 11) is 0.785. The van der Waals surface area contributed by atoms with Gasteiger partial charge in [-0.1, -0.05) is 18.2 Å². The van der Waals surface area contributed by atoms with Crippen molar-refractivity contribution < 1.29 is 22.7 Å². The van der Waals surface area contributed by atoms with Gasteiger partial charge in [0.15, 0.2) is 11.6 Å². The minimum Gasteiger partial charge on any atom is -0.497 e. The first-order valence-corrected chi connectivity index (χ1v) is 14.0. The van der Waals surface area contributed by atoms with E-state index < -0.39 is 10.0 Å². The standard InChI is InChI=1S/C29H28N6O5S/c1-35-13-7-9-21(35)17-27(36)30-19-8-6-10-24(16-19)41(37,38)34-29-28(32-25-11-4-5-12-26(25)33-29)31-20-14-22(39-2)18-23(15-20)40-3/h4-16,18H,17H2,1-3H3,(H,30,36)(H,31,32)(H,33,34). The molecular weight excluding hydrogens is 544 g/mol. The highest BCUT2D eigenvalue weighted by molar-refractivity contribution is 7.92. The predicted molar refractivity (Wildman–Crippen MR) is 157 cm³/mol. The van der Waals surface area contributed by atoms with Crippen molar-refractivity contribution in [3.8, 4) is 11.5 Å². The van der Waals surface area contributed by atoms with Crippen LogP contribution in [-0.2, 0) is 28.3 Å². The molecule has 0 radical (unpaired) electrons. The lowest BCUT2D eigenvalue weighted by atomic mass is 10.2. The molecule has 0 saturated heterocycles. The molecule has 0 atom stereocenters. The number of rotatable bonds is 10. The van der Waals surface area contributed by atoms with E-state index in [1.807, 2.05) is 36.0 Å². The third-order valence-electron chi connectivity index (χ3n) is 6.24. The van der Waals surface area contributed by atoms with Gasteiger partial charge in [0.25, 0.3) is 10.0 Å². The molecule has 0 fully saturated rings. The van der Waals surface area contributed by atoms with E-state index in [1.54, 1.807) is 48.5 Å². The van der Waals surface area contributed by atoms with Crippen LogP contribution in [0.3, 0.4) is 0 Å². The van der Waals surface area contributed by atoms with Gasteiger partial charge in [0.05, 0.1) is 36.6 Å². The Morgan fingerprint density at radius 1 is 0.829 bits per heavy atom. The minimum atomic E-state index is -4.13. The second-order valence-electron chi connectivity index (χ2n) is 9.10. The van der Waals surface area contributed by atoms with Crippen LogP contribution in [0.2, 0.25) is 0 Å². The van der Waals surface area contributed by atoms with Gasteiger partial charge in [-0.05, 0) is 42.5 Å². The van der Waals surface area contributed by atoms with Gasteiger partial charge in [0, 0.05) is 48.5 Å². The molecule has 0 aliphatic rings. The molecule has 3 N–H and O–H groups in total. The van der Waals surface area contributed by atoms with Crippen LogP contribution in [0.15, 0.2) is 90.0 Å². The van der Waals surface area contributed by atoms with Crippen LogP contribution in [0.4, 0.5) is 23.0 Å². The Balaban J connectivity index is 1.44. The number of carbonyl (C=O) groups excluding carboxylic acids is 1. The Morgan fingerprint density at radius 3 is 2.15 bits per heavy atom. The van der Waals surface area contributed by atoms with Gasteiger partial charge in [-0.3, -0.25) is 9.52 Å². The van der Waals surface area contributed by atoms with Gasteiger partial charge in [-0.25, -0.2) is 18.4 Å². The number of anilines is 4. The number of hydrogen-bond donors (Lipinski definition) is 3. The molecule has 0 bridgehead atoms. The molecule has 0 aliphatic heterocycles. The maximum Gasteiger partial charge on any atom is 0.263 e. The molecule has 1 amide bonds. The number of aryl methyl sites for hydroxylation is 1. The SMILES string of the molecule is COc1cc(Nc2nc3ccccc3nc2NS(=O)(=O)c2cccc(NC(=O)Cc3cccn3C)c2)cc(OC)c1. The molecule has 2 aromatic heterocycles. The Bertz CT molecular complexity index is 1810. The van der Waals surface area contributed by atoms with E-state index in [0.29, 0.717) is 33.9 Å². The summed E-state index contributed by atoms with van der Waals surface area (Å²) in [5.74, 6) is 0.968. The third-order valence-corrected chi connectivity index (χ3v) is 7.57. The minimum absolute atomic E-state index is 0.0105. The zero-order valence-electron chi connectivity index (χ0n) is 22.6. The molecule has 41 heavy (non-hydrogen) atoms. The number of sulfonamides is 1. The lowest BCUT2D eigenvalue weighted by Gasteiger charge is -2.15. The molecule has 0 spiro atoms. The average molecular weight is 573 g/mol. The second kappa shape index (κ2) is 11.6. The Hall–Kier alpha value is -5.10. The molecule has 12 heteroatoms. The summed E-state index contributed by atoms with van der Waals surface area (Å²) in [5, 5.41) is 5.90. The molecule has 0 saturated carbocycles. The van der Waals surface area contributed by atoms with Crippen LogP contribution in [0, 0.1) is 0 Å². The lowest BCUT2D eigenvalue weighted by molar-refractivity contribution is -0.115. The number of amides is 1. The van der Waals surface area contributed by atoms with E-state index in [2.05, 4.69) is 25.3 Å². The van der Waals surface area contributed by atoms with Crippen LogP contribution >= 0.6 is 0 Å². The zero-order valence-corrected chi connectivity index (χ0v) is 23.4. The second-order valence-corrected chi connectivity index (χ2v) is 10.8. The molecule has 2 heterocycles. The van der Waals surface area contributed by atoms with Crippen molar-refractivity contribution in [3.63, 3.8) is 0 Å². The summed E-state index contributed by atoms with van der Waals surface area (Å²) in [5.41, 5.74) is 2.79. The maximum absolute atomic E-state index is 13.5. The van der Waals surface area contributed by atoms with Crippen LogP contribution in [-0.4, -0.2) is 43.1 Å². The van der Waals surface area contributed by atoms with E-state index in [9.17, 15) is 13.2 Å². The van der Waals surface area contributed by atoms with E-state index in [-0.39, 0.29) is 28.9 Å². The largest absolute Gasteiger partial charge is 0.497 e. The van der Waals surface area contributed by atoms with Crippen molar-refractivity contribution >= 4 is 50.0 Å². The van der Waals surface area contributed by atoms with Crippen molar-refractivity contribution in [2.24, 2.45) is 7.05 Å². The number of carbonyl (C=O) groups is 1. The monoisotopic (exact) mass is 572 g/mol. The van der Waals surface area contributed by atoms with Gasteiger partial charge >= 0.3 is 0 Å². The van der Waals surface area contributed by atoms with Crippen LogP contribution < -0.4 is 24.8 Å². The molecule has 5 aromatic rings. The Kier molecular flexibility index (Phi) is 7.74. The molecular formula is C29H28N6O5S. The average Bonchev–Trinajstić information content (AvgIpc) is 3.36. The van der Waals surface area contributed by atoms with Crippen LogP contribution in [0.25, 0.3) is 11.0 Å². The Morgan fingerprint density at radius 2 is 1.51 bits per heavy atom. The number of nitrogens with one attached hydrogen (secondary N) is 3. The van der Waals surface area contributed by atoms with Gasteiger partial charge in [0.2, 0.25) is 5.91 Å². The van der Waals surface area contributed by atoms with Gasteiger partial charge in [0.1, 0.15) is 11.5 Å². The number of methoxy groups -OCH3 is 2. The summed E-state index contributed by atoms with van der Waals surface area (Å²) in [6, 6.07) is 22.0. The number of para-hydroxylation sites is 2. The molecule has 11 nitrogen and oxygen atoms in total. The smallest absolute Gasteiger partial charge is 0.263 e. The van der Waals surface area contributed by atoms with Gasteiger partial charge < -0.3 is 24.7 Å². The summed E-state index contributed by atoms with van der Waals surface area (Å²) in [6.45, 7) is 0. The third kappa shape index (κ3) is 6.39. The van der Waals surface area contributed by atoms with Crippen molar-refractivity contribution in [2.75, 3.05) is 29.6 Å². The zero-order chi connectivity index (χ0) is 29.0. The summed E-state index contributed by atoms with van der Waals surface area (Å²) in [4.78, 5) is 21.7. The Labute approximate surface area is 237 Å². The van der Waals surface area contributed by atoms with E-state index in [0.717, 1.165) is 5.69 Å². The maximum atomic E-state index is 13.5. The summed E-state index contributed by atoms with van der Waals surface area (Å²) in [6.07, 6.45) is 2.00. The quantitative estimate of drug-likeness (QED) is 0.219. The van der Waals surface area contributed by atoms with Crippen molar-refractivity contribution in [1.82, 2.24) is 14.5 Å². The molecule has 210 valence electrons. The first kappa shape index (κ1) is 27.5. The fourth-order valence-electron chi connectivity index (χ4n) is 4.15. The van der Waals surface area contributed by atoms with Crippen molar-refractivity contribution in [2.45, 2.75) is 11.3 Å². The fourth-order valence-corrected chi connectivity index (χ4v) is 5.21. The normalized spacial score (nSPS) is 11.2. The molecule has 0 unspecified atom stereocenters. The van der Waals surface area contributed by atoms with Gasteiger partial charge in [-0.15, -0.1) is 0 Å². The number of aromatic nitrogens is 3. The van der Waals surface area contributed by atoms with Crippen molar-refractivity contribution in [3.05, 3.63) is 90.8 Å². The number of benzene rings is 3. The highest BCUT2D eigenvalue weighted by Gasteiger charge is 2.20. The van der Waals surface area contributed by atoms with Crippen LogP contribution in [0.5, 0.6) is 11.5 Å². The first-order chi connectivity index (χ1) is 19.7. The first-order valence-electron chi connectivity index (χ1n) is 12.5. The highest BCUT2D eigenvalue weighted by atomic mass is 32.2. The van der Waals surface area contributed by atoms with Crippen molar-refractivity contribution in [1.29, 1.82) is 0 Å². The van der Waals surface area contributed by atoms with E-state index >= 15 is 0 Å². The number of nitrogens with zero attached hydrogens (tertiary/aromatic N) is 3. The van der Waals surface area contributed by atoms with E-state index in [4.69, 9.17) is 9.47 Å². The highest BCUT2D eigenvalue weighted by Crippen LogP contribution is 2.31. The number of ether oxygens (including phenoxy) is 2. The molecule has 0 aliphatic carbocycles. The summed E-state index contributed by atoms with van der Waals surface area (Å²) < 4.78 is 42.1. The van der Waals surface area contributed by atoms with Crippen LogP contribution in [0.1, 0.15) is 5.69 Å². The lowest BCUT2D eigenvalue weighted by Crippen LogP contribution is -2.18. The summed E-state index contributed by atoms with van der Waals surface area (Å²) >= 11 is 0. The molecule has 3 aromatic carbocycles. The van der Waals surface area contributed by atoms with E-state index in [1.165, 1.54) is 26.4 Å². The fraction of sp³-hybridized carbons (Fsp3) is 0.138. The topological polar surface area (TPSA) is 136 Å². The molecule has 5 rings (SSSR count). The number of hydrogen-bond acceptors (Lipinski definition) is 8. The predicted octanol–water partition coefficient (Wildman–Crippen LogP) is 4.71.